The summed E-state index contributed by atoms with van der Waals surface area (Å²) >= 11 is 0. The van der Waals surface area contributed by atoms with E-state index < -0.39 is 0 Å². The van der Waals surface area contributed by atoms with E-state index in [2.05, 4.69) is 26.2 Å². The van der Waals surface area contributed by atoms with Crippen molar-refractivity contribution in [2.45, 2.75) is 52.6 Å². The largest absolute Gasteiger partial charge is 0.362 e. The lowest BCUT2D eigenvalue weighted by atomic mass is 9.72. The predicted molar refractivity (Wildman–Crippen MR) is 58.5 cm³/mol. The van der Waals surface area contributed by atoms with E-state index in [9.17, 15) is 0 Å². The maximum atomic E-state index is 5.56. The van der Waals surface area contributed by atoms with Crippen molar-refractivity contribution in [3.05, 3.63) is 0 Å². The van der Waals surface area contributed by atoms with Crippen LogP contribution in [0, 0.1) is 11.3 Å². The van der Waals surface area contributed by atoms with Crippen molar-refractivity contribution in [3.8, 4) is 0 Å². The number of hydrogen-bond donors (Lipinski definition) is 2. The SMILES string of the molecule is CC(C)(C)C1CCC(OCNN)CC1. The molecule has 1 aliphatic rings. The van der Waals surface area contributed by atoms with Crippen molar-refractivity contribution >= 4 is 0 Å². The van der Waals surface area contributed by atoms with Crippen LogP contribution in [0.1, 0.15) is 46.5 Å². The van der Waals surface area contributed by atoms with Crippen LogP contribution in [0.2, 0.25) is 0 Å². The van der Waals surface area contributed by atoms with Gasteiger partial charge >= 0.3 is 0 Å². The highest BCUT2D eigenvalue weighted by Gasteiger charge is 2.29. The minimum Gasteiger partial charge on any atom is -0.362 e. The maximum Gasteiger partial charge on any atom is 0.109 e. The first-order chi connectivity index (χ1) is 6.54. The molecule has 0 unspecified atom stereocenters. The number of ether oxygens (including phenoxy) is 1. The molecule has 0 saturated heterocycles. The summed E-state index contributed by atoms with van der Waals surface area (Å²) in [6.45, 7) is 7.48. The molecule has 0 aromatic carbocycles. The fourth-order valence-electron chi connectivity index (χ4n) is 2.26. The number of nitrogens with two attached hydrogens (primary N) is 1. The molecule has 0 heterocycles. The summed E-state index contributed by atoms with van der Waals surface area (Å²) in [6, 6.07) is 0. The van der Waals surface area contributed by atoms with Gasteiger partial charge in [-0.2, -0.15) is 0 Å². The molecule has 14 heavy (non-hydrogen) atoms. The lowest BCUT2D eigenvalue weighted by molar-refractivity contribution is -0.00454. The van der Waals surface area contributed by atoms with E-state index in [0.717, 1.165) is 5.92 Å². The Morgan fingerprint density at radius 2 is 1.79 bits per heavy atom. The zero-order valence-corrected chi connectivity index (χ0v) is 9.68. The van der Waals surface area contributed by atoms with Crippen LogP contribution in [0.5, 0.6) is 0 Å². The van der Waals surface area contributed by atoms with Gasteiger partial charge < -0.3 is 4.74 Å². The van der Waals surface area contributed by atoms with Crippen molar-refractivity contribution in [2.75, 3.05) is 6.73 Å². The molecule has 0 bridgehead atoms. The van der Waals surface area contributed by atoms with Crippen LogP contribution < -0.4 is 11.3 Å². The molecule has 0 aromatic rings. The Kier molecular flexibility index (Phi) is 4.35. The van der Waals surface area contributed by atoms with Gasteiger partial charge in [0.15, 0.2) is 0 Å². The van der Waals surface area contributed by atoms with Gasteiger partial charge in [0.1, 0.15) is 6.73 Å². The minimum absolute atomic E-state index is 0.421. The zero-order valence-electron chi connectivity index (χ0n) is 9.68. The van der Waals surface area contributed by atoms with Gasteiger partial charge in [0.2, 0.25) is 0 Å². The number of hydrazine groups is 1. The molecule has 1 aliphatic carbocycles. The molecule has 0 aromatic heterocycles. The van der Waals surface area contributed by atoms with Crippen LogP contribution in [0.3, 0.4) is 0 Å². The first-order valence-corrected chi connectivity index (χ1v) is 5.59. The van der Waals surface area contributed by atoms with Crippen LogP contribution >= 0.6 is 0 Å². The highest BCUT2D eigenvalue weighted by Crippen LogP contribution is 2.38. The second-order valence-corrected chi connectivity index (χ2v) is 5.35. The topological polar surface area (TPSA) is 47.3 Å². The molecule has 1 fully saturated rings. The first-order valence-electron chi connectivity index (χ1n) is 5.59. The molecular formula is C11H24N2O. The van der Waals surface area contributed by atoms with Crippen LogP contribution in [-0.2, 0) is 4.74 Å². The average molecular weight is 200 g/mol. The van der Waals surface area contributed by atoms with Gasteiger partial charge in [0.05, 0.1) is 6.10 Å². The molecule has 0 spiro atoms. The summed E-state index contributed by atoms with van der Waals surface area (Å²) in [4.78, 5) is 0. The highest BCUT2D eigenvalue weighted by atomic mass is 16.5. The zero-order chi connectivity index (χ0) is 10.6. The van der Waals surface area contributed by atoms with Gasteiger partial charge in [0.25, 0.3) is 0 Å². The molecule has 0 radical (unpaired) electrons. The molecule has 3 nitrogen and oxygen atoms in total. The predicted octanol–water partition coefficient (Wildman–Crippen LogP) is 2.03. The number of nitrogens with one attached hydrogen (secondary N) is 1. The third kappa shape index (κ3) is 3.56. The minimum atomic E-state index is 0.421. The number of rotatable bonds is 3. The standard InChI is InChI=1S/C11H24N2O/c1-11(2,3)9-4-6-10(7-5-9)14-8-13-12/h9-10,13H,4-8,12H2,1-3H3. The van der Waals surface area contributed by atoms with Crippen molar-refractivity contribution in [1.29, 1.82) is 0 Å². The fraction of sp³-hybridized carbons (Fsp3) is 1.00. The van der Waals surface area contributed by atoms with E-state index in [1.54, 1.807) is 0 Å². The Balaban J connectivity index is 2.24. The van der Waals surface area contributed by atoms with Crippen molar-refractivity contribution in [1.82, 2.24) is 5.43 Å². The average Bonchev–Trinajstić information content (AvgIpc) is 2.14. The molecule has 1 rings (SSSR count). The second-order valence-electron chi connectivity index (χ2n) is 5.35. The summed E-state index contributed by atoms with van der Waals surface area (Å²) in [6.07, 6.45) is 5.37. The monoisotopic (exact) mass is 200 g/mol. The highest BCUT2D eigenvalue weighted by molar-refractivity contribution is 4.80. The fourth-order valence-corrected chi connectivity index (χ4v) is 2.26. The van der Waals surface area contributed by atoms with Crippen LogP contribution in [-0.4, -0.2) is 12.8 Å². The summed E-state index contributed by atoms with van der Waals surface area (Å²) in [5.74, 6) is 6.02. The summed E-state index contributed by atoms with van der Waals surface area (Å²) in [7, 11) is 0. The quantitative estimate of drug-likeness (QED) is 0.416. The maximum absolute atomic E-state index is 5.56. The van der Waals surface area contributed by atoms with Crippen LogP contribution in [0.15, 0.2) is 0 Å². The lowest BCUT2D eigenvalue weighted by Gasteiger charge is -2.36. The Morgan fingerprint density at radius 1 is 1.21 bits per heavy atom. The summed E-state index contributed by atoms with van der Waals surface area (Å²) in [5, 5.41) is 0. The Morgan fingerprint density at radius 3 is 2.21 bits per heavy atom. The third-order valence-corrected chi connectivity index (χ3v) is 3.30. The van der Waals surface area contributed by atoms with E-state index in [-0.39, 0.29) is 0 Å². The van der Waals surface area contributed by atoms with Crippen LogP contribution in [0.4, 0.5) is 0 Å². The molecule has 1 saturated carbocycles. The first kappa shape index (κ1) is 12.0. The van der Waals surface area contributed by atoms with Gasteiger partial charge in [-0.25, -0.2) is 5.43 Å². The normalized spacial score (nSPS) is 29.1. The lowest BCUT2D eigenvalue weighted by Crippen LogP contribution is -2.33. The Labute approximate surface area is 87.4 Å². The molecule has 84 valence electrons. The van der Waals surface area contributed by atoms with Crippen molar-refractivity contribution in [3.63, 3.8) is 0 Å². The number of hydrogen-bond acceptors (Lipinski definition) is 3. The Hall–Kier alpha value is -0.120. The summed E-state index contributed by atoms with van der Waals surface area (Å²) < 4.78 is 5.56. The van der Waals surface area contributed by atoms with E-state index in [0.29, 0.717) is 18.2 Å². The van der Waals surface area contributed by atoms with E-state index >= 15 is 0 Å². The van der Waals surface area contributed by atoms with Gasteiger partial charge in [-0.1, -0.05) is 20.8 Å². The van der Waals surface area contributed by atoms with Gasteiger partial charge in [-0.15, -0.1) is 0 Å². The molecule has 3 heteroatoms. The molecule has 3 N–H and O–H groups in total. The van der Waals surface area contributed by atoms with Crippen molar-refractivity contribution in [2.24, 2.45) is 17.2 Å². The van der Waals surface area contributed by atoms with Crippen molar-refractivity contribution < 1.29 is 4.74 Å². The summed E-state index contributed by atoms with van der Waals surface area (Å²) in [5.41, 5.74) is 2.99. The molecule has 0 aliphatic heterocycles. The van der Waals surface area contributed by atoms with Crippen LogP contribution in [0.25, 0.3) is 0 Å². The molecule has 0 amide bonds. The Bertz CT molecular complexity index is 157. The smallest absolute Gasteiger partial charge is 0.109 e. The van der Waals surface area contributed by atoms with Gasteiger partial charge in [0, 0.05) is 0 Å². The second kappa shape index (κ2) is 5.10. The third-order valence-electron chi connectivity index (χ3n) is 3.30. The van der Waals surface area contributed by atoms with Gasteiger partial charge in [-0.3, -0.25) is 5.84 Å². The van der Waals surface area contributed by atoms with E-state index in [1.807, 2.05) is 0 Å². The molecular weight excluding hydrogens is 176 g/mol. The van der Waals surface area contributed by atoms with Gasteiger partial charge in [-0.05, 0) is 37.0 Å². The van der Waals surface area contributed by atoms with E-state index in [1.165, 1.54) is 25.7 Å². The molecule has 0 atom stereocenters. The van der Waals surface area contributed by atoms with E-state index in [4.69, 9.17) is 10.6 Å².